The maximum absolute atomic E-state index is 10.5. The molecule has 0 aromatic carbocycles. The molecule has 1 aliphatic rings. The molecule has 2 heteroatoms. The lowest BCUT2D eigenvalue weighted by Crippen LogP contribution is -2.14. The van der Waals surface area contributed by atoms with E-state index in [1.54, 1.807) is 6.92 Å². The first kappa shape index (κ1) is 7.03. The van der Waals surface area contributed by atoms with Gasteiger partial charge in [0.15, 0.2) is 6.29 Å². The van der Waals surface area contributed by atoms with Crippen LogP contribution in [-0.4, -0.2) is 12.4 Å². The zero-order valence-corrected chi connectivity index (χ0v) is 5.80. The molecular weight excluding hydrogens is 116 g/mol. The number of hydrogen-bond acceptors (Lipinski definition) is 1. The maximum atomic E-state index is 10.5. The third-order valence-corrected chi connectivity index (χ3v) is 1.69. The van der Waals surface area contributed by atoms with E-state index in [2.05, 4.69) is 0 Å². The summed E-state index contributed by atoms with van der Waals surface area (Å²) in [5.74, 6) is 0. The minimum Gasteiger partial charge on any atom is -0.347 e. The van der Waals surface area contributed by atoms with E-state index >= 15 is 0 Å². The normalized spacial score (nSPS) is 24.7. The van der Waals surface area contributed by atoms with E-state index in [9.17, 15) is 5.11 Å². The molecule has 0 aromatic rings. The molecule has 0 amide bonds. The van der Waals surface area contributed by atoms with Crippen molar-refractivity contribution in [2.75, 3.05) is 0 Å². The minimum absolute atomic E-state index is 0.275. The van der Waals surface area contributed by atoms with Crippen molar-refractivity contribution in [2.45, 2.75) is 45.0 Å². The van der Waals surface area contributed by atoms with E-state index in [-0.39, 0.29) is 6.10 Å². The van der Waals surface area contributed by atoms with Crippen molar-refractivity contribution in [3.8, 4) is 0 Å². The Hall–Kier alpha value is -0.0800. The Bertz CT molecular complexity index is 75.0. The van der Waals surface area contributed by atoms with Crippen molar-refractivity contribution in [3.63, 3.8) is 0 Å². The highest BCUT2D eigenvalue weighted by Gasteiger charge is 2.16. The monoisotopic (exact) mass is 129 g/mol. The van der Waals surface area contributed by atoms with Gasteiger partial charge in [0, 0.05) is 0 Å². The van der Waals surface area contributed by atoms with Crippen LogP contribution in [0.5, 0.6) is 0 Å². The fourth-order valence-corrected chi connectivity index (χ4v) is 1.30. The first-order valence-corrected chi connectivity index (χ1v) is 3.60. The summed E-state index contributed by atoms with van der Waals surface area (Å²) < 4.78 is 5.06. The van der Waals surface area contributed by atoms with Crippen LogP contribution in [0.4, 0.5) is 0 Å². The molecule has 1 saturated carbocycles. The average Bonchev–Trinajstić information content (AvgIpc) is 2.15. The molecule has 1 aliphatic carbocycles. The van der Waals surface area contributed by atoms with Crippen molar-refractivity contribution in [1.82, 2.24) is 0 Å². The van der Waals surface area contributed by atoms with Gasteiger partial charge in [0.05, 0.1) is 6.10 Å². The molecule has 0 heterocycles. The van der Waals surface area contributed by atoms with E-state index in [0.29, 0.717) is 0 Å². The smallest absolute Gasteiger partial charge is 0.188 e. The number of rotatable bonds is 2. The zero-order chi connectivity index (χ0) is 6.69. The standard InChI is InChI=1S/C7H13O2/c1-6(8)9-7-4-2-3-5-7/h6-7H,2-5H2,1H3. The summed E-state index contributed by atoms with van der Waals surface area (Å²) in [6, 6.07) is 0. The minimum atomic E-state index is -0.826. The molecule has 2 nitrogen and oxygen atoms in total. The Balaban J connectivity index is 2.11. The highest BCUT2D eigenvalue weighted by Crippen LogP contribution is 2.21. The lowest BCUT2D eigenvalue weighted by atomic mass is 10.3. The molecule has 0 bridgehead atoms. The van der Waals surface area contributed by atoms with Crippen molar-refractivity contribution < 1.29 is 9.84 Å². The van der Waals surface area contributed by atoms with Gasteiger partial charge in [0.1, 0.15) is 0 Å². The van der Waals surface area contributed by atoms with Gasteiger partial charge in [-0.1, -0.05) is 12.8 Å². The van der Waals surface area contributed by atoms with Gasteiger partial charge in [-0.3, -0.25) is 0 Å². The first-order chi connectivity index (χ1) is 4.29. The first-order valence-electron chi connectivity index (χ1n) is 3.60. The van der Waals surface area contributed by atoms with Crippen LogP contribution in [-0.2, 0) is 9.84 Å². The van der Waals surface area contributed by atoms with Crippen molar-refractivity contribution in [2.24, 2.45) is 0 Å². The summed E-state index contributed by atoms with van der Waals surface area (Å²) in [6.45, 7) is 1.55. The average molecular weight is 129 g/mol. The fraction of sp³-hybridized carbons (Fsp3) is 1.00. The van der Waals surface area contributed by atoms with Gasteiger partial charge in [-0.25, -0.2) is 5.11 Å². The van der Waals surface area contributed by atoms with Gasteiger partial charge in [-0.05, 0) is 19.8 Å². The Morgan fingerprint density at radius 3 is 2.44 bits per heavy atom. The van der Waals surface area contributed by atoms with Gasteiger partial charge in [-0.2, -0.15) is 0 Å². The molecule has 0 aliphatic heterocycles. The number of hydrogen-bond donors (Lipinski definition) is 0. The molecule has 0 N–H and O–H groups in total. The fourth-order valence-electron chi connectivity index (χ4n) is 1.30. The molecule has 0 aromatic heterocycles. The van der Waals surface area contributed by atoms with Crippen LogP contribution in [0.25, 0.3) is 0 Å². The van der Waals surface area contributed by atoms with Crippen LogP contribution in [0.1, 0.15) is 32.6 Å². The van der Waals surface area contributed by atoms with Crippen molar-refractivity contribution in [1.29, 1.82) is 0 Å². The molecular formula is C7H13O2. The zero-order valence-electron chi connectivity index (χ0n) is 5.80. The largest absolute Gasteiger partial charge is 0.347 e. The van der Waals surface area contributed by atoms with Gasteiger partial charge >= 0.3 is 0 Å². The second kappa shape index (κ2) is 3.18. The molecule has 1 radical (unpaired) electrons. The molecule has 0 spiro atoms. The topological polar surface area (TPSA) is 29.1 Å². The Morgan fingerprint density at radius 1 is 1.44 bits per heavy atom. The van der Waals surface area contributed by atoms with Crippen LogP contribution in [0, 0.1) is 0 Å². The molecule has 1 fully saturated rings. The van der Waals surface area contributed by atoms with Crippen LogP contribution in [0.15, 0.2) is 0 Å². The molecule has 0 saturated heterocycles. The second-order valence-corrected chi connectivity index (χ2v) is 2.61. The van der Waals surface area contributed by atoms with Gasteiger partial charge in [0.25, 0.3) is 0 Å². The third kappa shape index (κ3) is 2.33. The van der Waals surface area contributed by atoms with Crippen molar-refractivity contribution >= 4 is 0 Å². The number of ether oxygens (including phenoxy) is 1. The van der Waals surface area contributed by atoms with E-state index in [1.165, 1.54) is 12.8 Å². The maximum Gasteiger partial charge on any atom is 0.188 e. The summed E-state index contributed by atoms with van der Waals surface area (Å²) in [5.41, 5.74) is 0. The summed E-state index contributed by atoms with van der Waals surface area (Å²) in [6.07, 6.45) is 4.10. The summed E-state index contributed by atoms with van der Waals surface area (Å²) in [7, 11) is 0. The molecule has 1 atom stereocenters. The summed E-state index contributed by atoms with van der Waals surface area (Å²) in [5, 5.41) is 10.5. The summed E-state index contributed by atoms with van der Waals surface area (Å²) >= 11 is 0. The Morgan fingerprint density at radius 2 is 2.00 bits per heavy atom. The molecule has 1 rings (SSSR count). The lowest BCUT2D eigenvalue weighted by molar-refractivity contribution is -0.156. The van der Waals surface area contributed by atoms with Crippen LogP contribution >= 0.6 is 0 Å². The van der Waals surface area contributed by atoms with Crippen LogP contribution < -0.4 is 0 Å². The van der Waals surface area contributed by atoms with Crippen LogP contribution in [0.2, 0.25) is 0 Å². The summed E-state index contributed by atoms with van der Waals surface area (Å²) in [4.78, 5) is 0. The SMILES string of the molecule is CC([O])OC1CCCC1. The highest BCUT2D eigenvalue weighted by atomic mass is 16.6. The second-order valence-electron chi connectivity index (χ2n) is 2.61. The molecule has 9 heavy (non-hydrogen) atoms. The molecule has 53 valence electrons. The van der Waals surface area contributed by atoms with Gasteiger partial charge in [0.2, 0.25) is 0 Å². The predicted octanol–water partition coefficient (Wildman–Crippen LogP) is 1.72. The van der Waals surface area contributed by atoms with Crippen LogP contribution in [0.3, 0.4) is 0 Å². The van der Waals surface area contributed by atoms with E-state index in [4.69, 9.17) is 4.74 Å². The van der Waals surface area contributed by atoms with E-state index in [0.717, 1.165) is 12.8 Å². The van der Waals surface area contributed by atoms with E-state index in [1.807, 2.05) is 0 Å². The highest BCUT2D eigenvalue weighted by molar-refractivity contribution is 4.66. The lowest BCUT2D eigenvalue weighted by Gasteiger charge is -2.10. The third-order valence-electron chi connectivity index (χ3n) is 1.69. The Labute approximate surface area is 55.8 Å². The molecule has 1 unspecified atom stereocenters. The van der Waals surface area contributed by atoms with Crippen molar-refractivity contribution in [3.05, 3.63) is 0 Å². The van der Waals surface area contributed by atoms with E-state index < -0.39 is 6.29 Å². The Kier molecular flexibility index (Phi) is 2.49. The van der Waals surface area contributed by atoms with Gasteiger partial charge < -0.3 is 4.74 Å². The quantitative estimate of drug-likeness (QED) is 0.522. The predicted molar refractivity (Wildman–Crippen MR) is 33.5 cm³/mol. The van der Waals surface area contributed by atoms with Gasteiger partial charge in [-0.15, -0.1) is 0 Å².